The number of hydrogen-bond donors (Lipinski definition) is 3. The molecular formula is C46H59N3O4. The van der Waals surface area contributed by atoms with Gasteiger partial charge in [-0.1, -0.05) is 143 Å². The molecule has 0 aliphatic carbocycles. The van der Waals surface area contributed by atoms with Crippen molar-refractivity contribution in [3.05, 3.63) is 168 Å². The third kappa shape index (κ3) is 20.9. The monoisotopic (exact) mass is 717 g/mol. The first-order valence-electron chi connectivity index (χ1n) is 18.0. The highest BCUT2D eigenvalue weighted by molar-refractivity contribution is 5.94. The van der Waals surface area contributed by atoms with Gasteiger partial charge in [0, 0.05) is 30.8 Å². The van der Waals surface area contributed by atoms with Gasteiger partial charge in [0.2, 0.25) is 0 Å². The maximum Gasteiger partial charge on any atom is 0.251 e. The number of rotatable bonds is 17. The predicted octanol–water partition coefficient (Wildman–Crippen LogP) is 9.05. The quantitative estimate of drug-likeness (QED) is 0.0947. The normalized spacial score (nSPS) is 9.66. The molecule has 0 bridgehead atoms. The van der Waals surface area contributed by atoms with E-state index in [9.17, 15) is 9.59 Å². The van der Waals surface area contributed by atoms with Gasteiger partial charge in [0.15, 0.2) is 0 Å². The van der Waals surface area contributed by atoms with Gasteiger partial charge in [-0.2, -0.15) is 0 Å². The van der Waals surface area contributed by atoms with Gasteiger partial charge in [-0.3, -0.25) is 9.59 Å². The van der Waals surface area contributed by atoms with Gasteiger partial charge in [-0.05, 0) is 71.8 Å². The fourth-order valence-corrected chi connectivity index (χ4v) is 4.22. The van der Waals surface area contributed by atoms with Crippen molar-refractivity contribution in [3.63, 3.8) is 0 Å². The van der Waals surface area contributed by atoms with Crippen molar-refractivity contribution in [1.29, 1.82) is 0 Å². The smallest absolute Gasteiger partial charge is 0.251 e. The summed E-state index contributed by atoms with van der Waals surface area (Å²) in [6.07, 6.45) is 9.27. The Labute approximate surface area is 318 Å². The molecular weight excluding hydrogens is 659 g/mol. The number of ether oxygens (including phenoxy) is 2. The lowest BCUT2D eigenvalue weighted by Gasteiger charge is -2.07. The summed E-state index contributed by atoms with van der Waals surface area (Å²) in [4.78, 5) is 23.3. The van der Waals surface area contributed by atoms with Crippen LogP contribution in [0.25, 0.3) is 24.3 Å². The number of aryl methyl sites for hydroxylation is 2. The number of nitrogens with two attached hydrogens (primary N) is 1. The lowest BCUT2D eigenvalue weighted by atomic mass is 10.1. The minimum absolute atomic E-state index is 0.0116. The zero-order valence-corrected chi connectivity index (χ0v) is 31.9. The third-order valence-corrected chi connectivity index (χ3v) is 7.46. The van der Waals surface area contributed by atoms with Crippen molar-refractivity contribution < 1.29 is 19.1 Å². The van der Waals surface area contributed by atoms with Gasteiger partial charge in [-0.25, -0.2) is 0 Å². The Morgan fingerprint density at radius 3 is 1.32 bits per heavy atom. The second-order valence-electron chi connectivity index (χ2n) is 11.6. The molecule has 0 fully saturated rings. The van der Waals surface area contributed by atoms with Gasteiger partial charge in [-0.15, -0.1) is 0 Å². The zero-order valence-electron chi connectivity index (χ0n) is 31.9. The summed E-state index contributed by atoms with van der Waals surface area (Å²) in [7, 11) is 0. The number of hydrogen-bond acceptors (Lipinski definition) is 5. The van der Waals surface area contributed by atoms with E-state index in [0.717, 1.165) is 30.5 Å². The maximum absolute atomic E-state index is 11.8. The summed E-state index contributed by atoms with van der Waals surface area (Å²) >= 11 is 0. The topological polar surface area (TPSA) is 103 Å². The Morgan fingerprint density at radius 2 is 0.943 bits per heavy atom. The van der Waals surface area contributed by atoms with Crippen LogP contribution in [-0.4, -0.2) is 57.9 Å². The molecule has 4 N–H and O–H groups in total. The Hall–Kier alpha value is -5.34. The van der Waals surface area contributed by atoms with E-state index in [-0.39, 0.29) is 11.8 Å². The maximum atomic E-state index is 11.8. The van der Waals surface area contributed by atoms with Gasteiger partial charge in [0.25, 0.3) is 11.8 Å². The molecule has 0 atom stereocenters. The minimum atomic E-state index is -0.108. The van der Waals surface area contributed by atoms with E-state index in [2.05, 4.69) is 99.3 Å². The SMILES string of the molecule is C=Cc1ccc(C(=O)NCCC)cc1.C=Cc1ccc(C(=O)NCCOCCOCCN)cc1.C=Cc1ccc(C)cc1.C=Cc1ccc(CC)cc1. The Balaban J connectivity index is 0.000000372. The first-order valence-corrected chi connectivity index (χ1v) is 18.0. The molecule has 0 aliphatic rings. The van der Waals surface area contributed by atoms with Crippen molar-refractivity contribution >= 4 is 36.1 Å². The van der Waals surface area contributed by atoms with Crippen LogP contribution in [0.1, 0.15) is 74.4 Å². The highest BCUT2D eigenvalue weighted by Crippen LogP contribution is 2.07. The molecule has 4 rings (SSSR count). The van der Waals surface area contributed by atoms with Crippen LogP contribution < -0.4 is 16.4 Å². The van der Waals surface area contributed by atoms with Crippen molar-refractivity contribution in [1.82, 2.24) is 10.6 Å². The van der Waals surface area contributed by atoms with Crippen LogP contribution in [0.15, 0.2) is 123 Å². The van der Waals surface area contributed by atoms with E-state index in [1.807, 2.05) is 55.5 Å². The van der Waals surface area contributed by atoms with Crippen molar-refractivity contribution in [2.45, 2.75) is 33.6 Å². The summed E-state index contributed by atoms with van der Waals surface area (Å²) in [5.74, 6) is -0.119. The van der Waals surface area contributed by atoms with Crippen LogP contribution in [0.4, 0.5) is 0 Å². The van der Waals surface area contributed by atoms with Crippen LogP contribution in [0.5, 0.6) is 0 Å². The highest BCUT2D eigenvalue weighted by atomic mass is 16.5. The molecule has 282 valence electrons. The molecule has 0 saturated heterocycles. The van der Waals surface area contributed by atoms with Gasteiger partial charge in [0.05, 0.1) is 26.4 Å². The Bertz CT molecular complexity index is 1610. The van der Waals surface area contributed by atoms with E-state index in [4.69, 9.17) is 15.2 Å². The van der Waals surface area contributed by atoms with E-state index in [1.165, 1.54) is 22.3 Å². The molecule has 0 heterocycles. The van der Waals surface area contributed by atoms with Crippen LogP contribution in [0.2, 0.25) is 0 Å². The number of benzene rings is 4. The van der Waals surface area contributed by atoms with E-state index >= 15 is 0 Å². The fourth-order valence-electron chi connectivity index (χ4n) is 4.22. The first-order chi connectivity index (χ1) is 25.7. The van der Waals surface area contributed by atoms with Crippen LogP contribution >= 0.6 is 0 Å². The second-order valence-corrected chi connectivity index (χ2v) is 11.6. The minimum Gasteiger partial charge on any atom is -0.378 e. The van der Waals surface area contributed by atoms with E-state index < -0.39 is 0 Å². The van der Waals surface area contributed by atoms with Crippen LogP contribution in [-0.2, 0) is 15.9 Å². The molecule has 53 heavy (non-hydrogen) atoms. The lowest BCUT2D eigenvalue weighted by molar-refractivity contribution is 0.0511. The molecule has 0 aliphatic heterocycles. The first kappa shape index (κ1) is 45.7. The molecule has 0 saturated carbocycles. The fraction of sp³-hybridized carbons (Fsp3) is 0.261. The standard InChI is InChI=1S/C15H22N2O3.C12H15NO.C10H12.C9H10/c1-2-13-3-5-14(6-4-13)15(18)17-8-10-20-12-11-19-9-7-16;1-3-9-13-12(14)11-7-5-10(4-2)6-8-11;1-3-9-5-7-10(4-2)8-6-9;1-3-9-6-4-8(2)5-7-9/h2-6H,1,7-12,16H2,(H,17,18);4-8H,2-3,9H2,1H3,(H,13,14);3,5-8H,1,4H2,2H3;3-7H,1H2,2H3. The summed E-state index contributed by atoms with van der Waals surface area (Å²) in [6.45, 7) is 24.7. The average molecular weight is 718 g/mol. The molecule has 4 aromatic carbocycles. The van der Waals surface area contributed by atoms with Crippen LogP contribution in [0, 0.1) is 6.92 Å². The van der Waals surface area contributed by atoms with Crippen molar-refractivity contribution in [3.8, 4) is 0 Å². The molecule has 0 radical (unpaired) electrons. The largest absolute Gasteiger partial charge is 0.378 e. The number of carbonyl (C=O) groups is 2. The molecule has 4 aromatic rings. The summed E-state index contributed by atoms with van der Waals surface area (Å²) in [5, 5.41) is 5.61. The molecule has 0 unspecified atom stereocenters. The Kier molecular flexibility index (Phi) is 25.2. The highest BCUT2D eigenvalue weighted by Gasteiger charge is 2.04. The van der Waals surface area contributed by atoms with Gasteiger partial charge in [0.1, 0.15) is 0 Å². The van der Waals surface area contributed by atoms with Crippen molar-refractivity contribution in [2.24, 2.45) is 5.73 Å². The average Bonchev–Trinajstić information content (AvgIpc) is 3.22. The zero-order chi connectivity index (χ0) is 39.1. The lowest BCUT2D eigenvalue weighted by Crippen LogP contribution is -2.27. The molecule has 0 aromatic heterocycles. The van der Waals surface area contributed by atoms with Crippen molar-refractivity contribution in [2.75, 3.05) is 46.1 Å². The van der Waals surface area contributed by atoms with Gasteiger partial charge < -0.3 is 25.8 Å². The second kappa shape index (κ2) is 29.3. The van der Waals surface area contributed by atoms with E-state index in [0.29, 0.717) is 50.6 Å². The number of amides is 2. The molecule has 0 spiro atoms. The summed E-state index contributed by atoms with van der Waals surface area (Å²) in [6, 6.07) is 31.4. The third-order valence-electron chi connectivity index (χ3n) is 7.46. The summed E-state index contributed by atoms with van der Waals surface area (Å²) in [5.41, 5.74) is 13.7. The van der Waals surface area contributed by atoms with Crippen LogP contribution in [0.3, 0.4) is 0 Å². The van der Waals surface area contributed by atoms with E-state index in [1.54, 1.807) is 24.3 Å². The number of nitrogens with one attached hydrogen (secondary N) is 2. The van der Waals surface area contributed by atoms with Gasteiger partial charge >= 0.3 is 0 Å². The predicted molar refractivity (Wildman–Crippen MR) is 226 cm³/mol. The molecule has 7 nitrogen and oxygen atoms in total. The molecule has 2 amide bonds. The summed E-state index contributed by atoms with van der Waals surface area (Å²) < 4.78 is 10.5. The Morgan fingerprint density at radius 1 is 0.566 bits per heavy atom. The number of carbonyl (C=O) groups excluding carboxylic acids is 2. The molecule has 7 heteroatoms.